The van der Waals surface area contributed by atoms with Gasteiger partial charge in [-0.05, 0) is 31.2 Å². The second-order valence-corrected chi connectivity index (χ2v) is 6.50. The van der Waals surface area contributed by atoms with Gasteiger partial charge < -0.3 is 15.1 Å². The molecule has 0 radical (unpaired) electrons. The minimum atomic E-state index is -4.44. The molecule has 1 aliphatic rings. The molecule has 2 rings (SSSR count). The van der Waals surface area contributed by atoms with Crippen LogP contribution in [0.1, 0.15) is 22.8 Å². The van der Waals surface area contributed by atoms with E-state index >= 15 is 0 Å². The molecule has 0 spiro atoms. The summed E-state index contributed by atoms with van der Waals surface area (Å²) in [4.78, 5) is 16.7. The zero-order valence-electron chi connectivity index (χ0n) is 14.1. The van der Waals surface area contributed by atoms with E-state index in [1.165, 1.54) is 12.1 Å². The summed E-state index contributed by atoms with van der Waals surface area (Å²) in [6, 6.07) is 4.51. The Morgan fingerprint density at radius 3 is 2.54 bits per heavy atom. The average molecular weight is 343 g/mol. The van der Waals surface area contributed by atoms with Gasteiger partial charge in [-0.3, -0.25) is 4.79 Å². The van der Waals surface area contributed by atoms with E-state index in [1.54, 1.807) is 0 Å². The number of hydrogen-bond acceptors (Lipinski definition) is 3. The van der Waals surface area contributed by atoms with Crippen LogP contribution in [-0.4, -0.2) is 62.0 Å². The van der Waals surface area contributed by atoms with Gasteiger partial charge in [-0.25, -0.2) is 0 Å². The van der Waals surface area contributed by atoms with Crippen molar-refractivity contribution in [1.82, 2.24) is 15.1 Å². The molecule has 1 heterocycles. The topological polar surface area (TPSA) is 35.6 Å². The van der Waals surface area contributed by atoms with E-state index in [1.807, 2.05) is 6.92 Å². The summed E-state index contributed by atoms with van der Waals surface area (Å²) >= 11 is 0. The number of nitrogens with zero attached hydrogens (tertiary/aromatic N) is 2. The Labute approximate surface area is 140 Å². The smallest absolute Gasteiger partial charge is 0.352 e. The van der Waals surface area contributed by atoms with E-state index < -0.39 is 17.6 Å². The van der Waals surface area contributed by atoms with E-state index in [0.29, 0.717) is 6.54 Å². The Balaban J connectivity index is 1.82. The number of rotatable bonds is 5. The molecule has 1 unspecified atom stereocenters. The summed E-state index contributed by atoms with van der Waals surface area (Å²) in [5.74, 6) is -0.227. The summed E-state index contributed by atoms with van der Waals surface area (Å²) in [6.45, 7) is 7.42. The number of carbonyl (C=O) groups excluding carboxylic acids is 1. The Bertz CT molecular complexity index is 554. The fraction of sp³-hybridized carbons (Fsp3) is 0.588. The number of halogens is 3. The first kappa shape index (κ1) is 18.7. The van der Waals surface area contributed by atoms with Crippen LogP contribution < -0.4 is 5.32 Å². The Morgan fingerprint density at radius 1 is 1.25 bits per heavy atom. The molecule has 0 saturated carbocycles. The van der Waals surface area contributed by atoms with E-state index in [0.717, 1.165) is 44.9 Å². The van der Waals surface area contributed by atoms with Gasteiger partial charge in [-0.2, -0.15) is 13.2 Å². The van der Waals surface area contributed by atoms with E-state index in [9.17, 15) is 18.0 Å². The summed E-state index contributed by atoms with van der Waals surface area (Å²) in [5, 5.41) is 2.73. The second kappa shape index (κ2) is 7.98. The van der Waals surface area contributed by atoms with Gasteiger partial charge in [0.1, 0.15) is 0 Å². The van der Waals surface area contributed by atoms with E-state index in [4.69, 9.17) is 0 Å². The van der Waals surface area contributed by atoms with Crippen molar-refractivity contribution in [1.29, 1.82) is 0 Å². The predicted octanol–water partition coefficient (Wildman–Crippen LogP) is 2.32. The largest absolute Gasteiger partial charge is 0.416 e. The van der Waals surface area contributed by atoms with Crippen LogP contribution in [0.3, 0.4) is 0 Å². The Kier molecular flexibility index (Phi) is 6.23. The molecule has 0 bridgehead atoms. The third-order valence-electron chi connectivity index (χ3n) is 4.23. The van der Waals surface area contributed by atoms with Gasteiger partial charge in [-0.1, -0.05) is 13.0 Å². The van der Waals surface area contributed by atoms with E-state index in [-0.39, 0.29) is 11.5 Å². The lowest BCUT2D eigenvalue weighted by atomic mass is 10.1. The van der Waals surface area contributed by atoms with Crippen LogP contribution in [0.4, 0.5) is 13.2 Å². The molecular weight excluding hydrogens is 319 g/mol. The number of likely N-dealkylation sites (N-methyl/N-ethyl adjacent to an activating group) is 1. The van der Waals surface area contributed by atoms with Crippen molar-refractivity contribution >= 4 is 5.91 Å². The highest BCUT2D eigenvalue weighted by Gasteiger charge is 2.30. The van der Waals surface area contributed by atoms with Gasteiger partial charge >= 0.3 is 6.18 Å². The van der Waals surface area contributed by atoms with Crippen molar-refractivity contribution in [3.63, 3.8) is 0 Å². The van der Waals surface area contributed by atoms with Crippen molar-refractivity contribution in [2.75, 3.05) is 46.3 Å². The average Bonchev–Trinajstić information content (AvgIpc) is 2.54. The number of nitrogens with one attached hydrogen (secondary N) is 1. The molecule has 1 N–H and O–H groups in total. The fourth-order valence-electron chi connectivity index (χ4n) is 2.74. The molecule has 1 amide bonds. The van der Waals surface area contributed by atoms with Crippen LogP contribution >= 0.6 is 0 Å². The van der Waals surface area contributed by atoms with Gasteiger partial charge in [0.25, 0.3) is 5.91 Å². The zero-order chi connectivity index (χ0) is 17.7. The highest BCUT2D eigenvalue weighted by molar-refractivity contribution is 5.94. The number of hydrogen-bond donors (Lipinski definition) is 1. The summed E-state index contributed by atoms with van der Waals surface area (Å²) < 4.78 is 38.1. The van der Waals surface area contributed by atoms with Gasteiger partial charge in [-0.15, -0.1) is 0 Å². The minimum absolute atomic E-state index is 0.0385. The summed E-state index contributed by atoms with van der Waals surface area (Å²) in [5.41, 5.74) is -0.766. The first-order valence-corrected chi connectivity index (χ1v) is 8.12. The first-order chi connectivity index (χ1) is 11.3. The number of piperazine rings is 1. The molecule has 0 aliphatic carbocycles. The maximum absolute atomic E-state index is 12.7. The standard InChI is InChI=1S/C17H24F3N3O/c1-13(12-23-8-6-22(2)7-9-23)11-21-16(24)14-4-3-5-15(10-14)17(18,19)20/h3-5,10,13H,6-9,11-12H2,1-2H3,(H,21,24). The van der Waals surface area contributed by atoms with Crippen molar-refractivity contribution in [2.45, 2.75) is 13.1 Å². The van der Waals surface area contributed by atoms with Gasteiger partial charge in [0.15, 0.2) is 0 Å². The summed E-state index contributed by atoms with van der Waals surface area (Å²) in [7, 11) is 2.09. The Hall–Kier alpha value is -1.60. The maximum Gasteiger partial charge on any atom is 0.416 e. The van der Waals surface area contributed by atoms with Crippen molar-refractivity contribution in [3.8, 4) is 0 Å². The summed E-state index contributed by atoms with van der Waals surface area (Å²) in [6.07, 6.45) is -4.44. The molecule has 1 aliphatic heterocycles. The number of amides is 1. The number of alkyl halides is 3. The molecular formula is C17H24F3N3O. The second-order valence-electron chi connectivity index (χ2n) is 6.50. The molecule has 7 heteroatoms. The quantitative estimate of drug-likeness (QED) is 0.891. The maximum atomic E-state index is 12.7. The minimum Gasteiger partial charge on any atom is -0.352 e. The molecule has 24 heavy (non-hydrogen) atoms. The normalized spacial score (nSPS) is 18.4. The van der Waals surface area contributed by atoms with Crippen LogP contribution in [-0.2, 0) is 6.18 Å². The predicted molar refractivity (Wildman–Crippen MR) is 86.9 cm³/mol. The van der Waals surface area contributed by atoms with Gasteiger partial charge in [0, 0.05) is 44.8 Å². The lowest BCUT2D eigenvalue weighted by molar-refractivity contribution is -0.137. The molecule has 1 atom stereocenters. The SMILES string of the molecule is CC(CNC(=O)c1cccc(C(F)(F)F)c1)CN1CCN(C)CC1. The zero-order valence-corrected chi connectivity index (χ0v) is 14.1. The number of carbonyl (C=O) groups is 1. The lowest BCUT2D eigenvalue weighted by Gasteiger charge is -2.33. The molecule has 1 aromatic rings. The molecule has 4 nitrogen and oxygen atoms in total. The Morgan fingerprint density at radius 2 is 1.92 bits per heavy atom. The molecule has 0 aromatic heterocycles. The van der Waals surface area contributed by atoms with Crippen LogP contribution in [0.5, 0.6) is 0 Å². The fourth-order valence-corrected chi connectivity index (χ4v) is 2.74. The molecule has 1 fully saturated rings. The number of benzene rings is 1. The lowest BCUT2D eigenvalue weighted by Crippen LogP contribution is -2.46. The van der Waals surface area contributed by atoms with Crippen LogP contribution in [0, 0.1) is 5.92 Å². The third-order valence-corrected chi connectivity index (χ3v) is 4.23. The molecule has 1 aromatic carbocycles. The van der Waals surface area contributed by atoms with Gasteiger partial charge in [0.2, 0.25) is 0 Å². The third kappa shape index (κ3) is 5.49. The van der Waals surface area contributed by atoms with Gasteiger partial charge in [0.05, 0.1) is 5.56 Å². The van der Waals surface area contributed by atoms with Crippen molar-refractivity contribution in [2.24, 2.45) is 5.92 Å². The highest BCUT2D eigenvalue weighted by atomic mass is 19.4. The molecule has 134 valence electrons. The van der Waals surface area contributed by atoms with Crippen molar-refractivity contribution < 1.29 is 18.0 Å². The van der Waals surface area contributed by atoms with E-state index in [2.05, 4.69) is 22.2 Å². The van der Waals surface area contributed by atoms with Crippen molar-refractivity contribution in [3.05, 3.63) is 35.4 Å². The first-order valence-electron chi connectivity index (χ1n) is 8.12. The van der Waals surface area contributed by atoms with Crippen LogP contribution in [0.2, 0.25) is 0 Å². The van der Waals surface area contributed by atoms with Crippen LogP contribution in [0.15, 0.2) is 24.3 Å². The molecule has 1 saturated heterocycles. The van der Waals surface area contributed by atoms with Crippen LogP contribution in [0.25, 0.3) is 0 Å². The highest BCUT2D eigenvalue weighted by Crippen LogP contribution is 2.29. The monoisotopic (exact) mass is 343 g/mol.